The van der Waals surface area contributed by atoms with Crippen molar-refractivity contribution in [1.82, 2.24) is 9.88 Å². The van der Waals surface area contributed by atoms with E-state index in [1.807, 2.05) is 24.3 Å². The van der Waals surface area contributed by atoms with Crippen LogP contribution in [-0.2, 0) is 12.7 Å². The number of nitrogens with zero attached hydrogens (tertiary/aromatic N) is 4. The Morgan fingerprint density at radius 1 is 1.00 bits per heavy atom. The van der Waals surface area contributed by atoms with Crippen LogP contribution in [0.2, 0.25) is 0 Å². The molecule has 1 aromatic heterocycles. The topological polar surface area (TPSA) is 43.2 Å². The third-order valence-electron chi connectivity index (χ3n) is 4.21. The van der Waals surface area contributed by atoms with Crippen LogP contribution in [-0.4, -0.2) is 36.1 Å². The van der Waals surface area contributed by atoms with Crippen molar-refractivity contribution in [2.75, 3.05) is 31.1 Å². The number of hydrogen-bond acceptors (Lipinski definition) is 4. The van der Waals surface area contributed by atoms with E-state index in [2.05, 4.69) is 22.0 Å². The van der Waals surface area contributed by atoms with Gasteiger partial charge in [-0.2, -0.15) is 18.4 Å². The highest BCUT2D eigenvalue weighted by Gasteiger charge is 2.34. The van der Waals surface area contributed by atoms with E-state index in [1.165, 1.54) is 11.6 Å². The summed E-state index contributed by atoms with van der Waals surface area (Å²) in [5, 5.41) is 9.18. The first kappa shape index (κ1) is 17.2. The van der Waals surface area contributed by atoms with Gasteiger partial charge in [-0.3, -0.25) is 4.90 Å². The van der Waals surface area contributed by atoms with E-state index < -0.39 is 11.9 Å². The van der Waals surface area contributed by atoms with Crippen molar-refractivity contribution in [3.8, 4) is 6.07 Å². The van der Waals surface area contributed by atoms with Crippen LogP contribution in [0.15, 0.2) is 42.5 Å². The van der Waals surface area contributed by atoms with Crippen molar-refractivity contribution in [3.05, 3.63) is 59.3 Å². The smallest absolute Gasteiger partial charge is 0.353 e. The molecule has 0 aliphatic carbocycles. The van der Waals surface area contributed by atoms with Crippen molar-refractivity contribution in [1.29, 1.82) is 5.26 Å². The normalized spacial score (nSPS) is 15.8. The van der Waals surface area contributed by atoms with E-state index in [-0.39, 0.29) is 11.4 Å². The maximum atomic E-state index is 12.9. The summed E-state index contributed by atoms with van der Waals surface area (Å²) in [5.74, 6) is 0.122. The zero-order chi connectivity index (χ0) is 17.9. The van der Waals surface area contributed by atoms with Crippen LogP contribution in [0.1, 0.15) is 16.8 Å². The Kier molecular flexibility index (Phi) is 4.91. The Balaban J connectivity index is 1.71. The average Bonchev–Trinajstić information content (AvgIpc) is 2.62. The molecule has 0 bridgehead atoms. The summed E-state index contributed by atoms with van der Waals surface area (Å²) in [6.45, 7) is 3.29. The quantitative estimate of drug-likeness (QED) is 0.855. The van der Waals surface area contributed by atoms with Gasteiger partial charge in [-0.25, -0.2) is 4.98 Å². The Morgan fingerprint density at radius 2 is 1.68 bits per heavy atom. The molecule has 0 spiro atoms. The molecule has 7 heteroatoms. The second-order valence-corrected chi connectivity index (χ2v) is 5.93. The number of benzene rings is 1. The number of pyridine rings is 1. The van der Waals surface area contributed by atoms with Crippen LogP contribution in [0.5, 0.6) is 0 Å². The first-order valence-corrected chi connectivity index (χ1v) is 7.97. The molecule has 3 rings (SSSR count). The van der Waals surface area contributed by atoms with Gasteiger partial charge in [0.15, 0.2) is 0 Å². The molecule has 2 heterocycles. The summed E-state index contributed by atoms with van der Waals surface area (Å²) in [6.07, 6.45) is -4.52. The van der Waals surface area contributed by atoms with E-state index in [0.29, 0.717) is 26.2 Å². The SMILES string of the molecule is N#Cc1ccc(C(F)(F)F)nc1N1CCN(Cc2ccccc2)CC1. The molecule has 0 radical (unpaired) electrons. The van der Waals surface area contributed by atoms with Crippen molar-refractivity contribution >= 4 is 5.82 Å². The Hall–Kier alpha value is -2.59. The molecule has 1 saturated heterocycles. The van der Waals surface area contributed by atoms with Crippen LogP contribution in [0.25, 0.3) is 0 Å². The molecule has 2 aromatic rings. The minimum Gasteiger partial charge on any atom is -0.353 e. The molecule has 0 unspecified atom stereocenters. The van der Waals surface area contributed by atoms with E-state index in [1.54, 1.807) is 4.90 Å². The monoisotopic (exact) mass is 346 g/mol. The van der Waals surface area contributed by atoms with Gasteiger partial charge in [0.1, 0.15) is 17.6 Å². The predicted molar refractivity (Wildman–Crippen MR) is 87.9 cm³/mol. The first-order chi connectivity index (χ1) is 12.0. The predicted octanol–water partition coefficient (Wildman–Crippen LogP) is 3.29. The van der Waals surface area contributed by atoms with Gasteiger partial charge in [-0.05, 0) is 17.7 Å². The fourth-order valence-corrected chi connectivity index (χ4v) is 2.89. The lowest BCUT2D eigenvalue weighted by Crippen LogP contribution is -2.46. The number of anilines is 1. The zero-order valence-electron chi connectivity index (χ0n) is 13.5. The third-order valence-corrected chi connectivity index (χ3v) is 4.21. The van der Waals surface area contributed by atoms with Gasteiger partial charge in [0, 0.05) is 32.7 Å². The molecule has 130 valence electrons. The molecule has 1 aromatic carbocycles. The molecular formula is C18H17F3N4. The van der Waals surface area contributed by atoms with E-state index in [0.717, 1.165) is 12.6 Å². The second kappa shape index (κ2) is 7.11. The minimum atomic E-state index is -4.52. The van der Waals surface area contributed by atoms with Crippen molar-refractivity contribution < 1.29 is 13.2 Å². The third kappa shape index (κ3) is 4.09. The molecule has 0 saturated carbocycles. The number of rotatable bonds is 3. The fourth-order valence-electron chi connectivity index (χ4n) is 2.89. The largest absolute Gasteiger partial charge is 0.433 e. The Morgan fingerprint density at radius 3 is 2.28 bits per heavy atom. The van der Waals surface area contributed by atoms with Crippen LogP contribution in [0.4, 0.5) is 19.0 Å². The lowest BCUT2D eigenvalue weighted by Gasteiger charge is -2.36. The number of hydrogen-bond donors (Lipinski definition) is 0. The van der Waals surface area contributed by atoms with Gasteiger partial charge in [0.05, 0.1) is 5.56 Å². The summed E-state index contributed by atoms with van der Waals surface area (Å²) < 4.78 is 38.7. The van der Waals surface area contributed by atoms with Crippen molar-refractivity contribution in [2.45, 2.75) is 12.7 Å². The first-order valence-electron chi connectivity index (χ1n) is 7.97. The average molecular weight is 346 g/mol. The maximum Gasteiger partial charge on any atom is 0.433 e. The molecule has 4 nitrogen and oxygen atoms in total. The molecule has 1 aliphatic heterocycles. The van der Waals surface area contributed by atoms with E-state index in [9.17, 15) is 18.4 Å². The Labute approximate surface area is 144 Å². The minimum absolute atomic E-state index is 0.122. The molecular weight excluding hydrogens is 329 g/mol. The number of alkyl halides is 3. The molecule has 1 fully saturated rings. The van der Waals surface area contributed by atoms with Crippen LogP contribution >= 0.6 is 0 Å². The second-order valence-electron chi connectivity index (χ2n) is 5.93. The summed E-state index contributed by atoms with van der Waals surface area (Å²) in [5.41, 5.74) is 0.406. The van der Waals surface area contributed by atoms with Gasteiger partial charge in [0.2, 0.25) is 0 Å². The van der Waals surface area contributed by atoms with Gasteiger partial charge in [-0.1, -0.05) is 30.3 Å². The van der Waals surface area contributed by atoms with Gasteiger partial charge in [0.25, 0.3) is 0 Å². The number of aromatic nitrogens is 1. The highest BCUT2D eigenvalue weighted by Crippen LogP contribution is 2.30. The zero-order valence-corrected chi connectivity index (χ0v) is 13.5. The van der Waals surface area contributed by atoms with Gasteiger partial charge in [-0.15, -0.1) is 0 Å². The number of halogens is 3. The maximum absolute atomic E-state index is 12.9. The van der Waals surface area contributed by atoms with E-state index in [4.69, 9.17) is 0 Å². The molecule has 0 amide bonds. The Bertz CT molecular complexity index is 760. The van der Waals surface area contributed by atoms with Crippen LogP contribution in [0.3, 0.4) is 0 Å². The number of piperazine rings is 1. The molecule has 1 aliphatic rings. The van der Waals surface area contributed by atoms with Crippen molar-refractivity contribution in [2.24, 2.45) is 0 Å². The van der Waals surface area contributed by atoms with Gasteiger partial charge >= 0.3 is 6.18 Å². The molecule has 0 N–H and O–H groups in total. The lowest BCUT2D eigenvalue weighted by molar-refractivity contribution is -0.141. The number of nitriles is 1. The fraction of sp³-hybridized carbons (Fsp3) is 0.333. The molecule has 25 heavy (non-hydrogen) atoms. The standard InChI is InChI=1S/C18H17F3N4/c19-18(20,21)16-7-6-15(12-22)17(23-16)25-10-8-24(9-11-25)13-14-4-2-1-3-5-14/h1-7H,8-11,13H2. The highest BCUT2D eigenvalue weighted by atomic mass is 19.4. The van der Waals surface area contributed by atoms with Crippen molar-refractivity contribution in [3.63, 3.8) is 0 Å². The van der Waals surface area contributed by atoms with Crippen LogP contribution in [0, 0.1) is 11.3 Å². The summed E-state index contributed by atoms with van der Waals surface area (Å²) in [4.78, 5) is 7.71. The summed E-state index contributed by atoms with van der Waals surface area (Å²) in [6, 6.07) is 14.0. The van der Waals surface area contributed by atoms with E-state index >= 15 is 0 Å². The summed E-state index contributed by atoms with van der Waals surface area (Å²) in [7, 11) is 0. The molecule has 0 atom stereocenters. The van der Waals surface area contributed by atoms with Gasteiger partial charge < -0.3 is 4.90 Å². The van der Waals surface area contributed by atoms with Crippen LogP contribution < -0.4 is 4.90 Å². The summed E-state index contributed by atoms with van der Waals surface area (Å²) >= 11 is 0. The lowest BCUT2D eigenvalue weighted by atomic mass is 10.2. The highest BCUT2D eigenvalue weighted by molar-refractivity contribution is 5.55.